The van der Waals surface area contributed by atoms with Crippen molar-refractivity contribution >= 4 is 34.4 Å². The Morgan fingerprint density at radius 3 is 2.55 bits per heavy atom. The predicted molar refractivity (Wildman–Crippen MR) is 148 cm³/mol. The van der Waals surface area contributed by atoms with Gasteiger partial charge in [-0.1, -0.05) is 23.7 Å². The summed E-state index contributed by atoms with van der Waals surface area (Å²) in [6, 6.07) is 13.2. The van der Waals surface area contributed by atoms with Crippen LogP contribution in [-0.4, -0.2) is 49.3 Å². The normalized spacial score (nSPS) is 17.4. The van der Waals surface area contributed by atoms with Gasteiger partial charge in [-0.05, 0) is 68.9 Å². The Balaban J connectivity index is 1.29. The van der Waals surface area contributed by atoms with Crippen molar-refractivity contribution in [3.63, 3.8) is 0 Å². The average molecular weight is 535 g/mol. The molecule has 3 aromatic heterocycles. The van der Waals surface area contributed by atoms with E-state index in [-0.39, 0.29) is 24.2 Å². The number of aromatic nitrogens is 4. The van der Waals surface area contributed by atoms with Crippen molar-refractivity contribution in [1.82, 2.24) is 24.4 Å². The van der Waals surface area contributed by atoms with Crippen molar-refractivity contribution in [2.75, 3.05) is 18.5 Å². The average Bonchev–Trinajstić information content (AvgIpc) is 3.21. The first-order chi connectivity index (χ1) is 18.4. The molecule has 1 amide bonds. The molecule has 0 radical (unpaired) electrons. The van der Waals surface area contributed by atoms with Crippen molar-refractivity contribution in [3.05, 3.63) is 81.6 Å². The van der Waals surface area contributed by atoms with E-state index < -0.39 is 0 Å². The number of carbonyl (C=O) groups excluding carboxylic acids is 1. The third-order valence-electron chi connectivity index (χ3n) is 7.18. The first-order valence-corrected chi connectivity index (χ1v) is 13.3. The van der Waals surface area contributed by atoms with Crippen LogP contribution in [0.3, 0.4) is 0 Å². The topological polar surface area (TPSA) is 114 Å². The number of fused-ring (bicyclic) bond motifs is 1. The van der Waals surface area contributed by atoms with Crippen molar-refractivity contribution in [2.24, 2.45) is 5.92 Å². The Hall–Kier alpha value is -3.69. The molecule has 1 aliphatic carbocycles. The van der Waals surface area contributed by atoms with Crippen LogP contribution in [0.4, 0.5) is 5.82 Å². The van der Waals surface area contributed by atoms with E-state index in [1.165, 1.54) is 0 Å². The molecule has 1 fully saturated rings. The van der Waals surface area contributed by atoms with Crippen molar-refractivity contribution in [3.8, 4) is 5.69 Å². The van der Waals surface area contributed by atoms with Gasteiger partial charge in [0.15, 0.2) is 0 Å². The molecule has 198 valence electrons. The van der Waals surface area contributed by atoms with Crippen LogP contribution in [0.1, 0.15) is 41.7 Å². The molecule has 5 rings (SSSR count). The molecule has 3 heterocycles. The number of halogens is 1. The molecule has 0 unspecified atom stereocenters. The summed E-state index contributed by atoms with van der Waals surface area (Å²) in [5, 5.41) is 15.6. The smallest absolute Gasteiger partial charge is 0.333 e. The van der Waals surface area contributed by atoms with Gasteiger partial charge in [-0.2, -0.15) is 0 Å². The summed E-state index contributed by atoms with van der Waals surface area (Å²) in [5.41, 5.74) is 3.48. The minimum absolute atomic E-state index is 0.0176. The highest BCUT2D eigenvalue weighted by Crippen LogP contribution is 2.28. The summed E-state index contributed by atoms with van der Waals surface area (Å²) in [7, 11) is 0. The molecule has 9 nitrogen and oxygen atoms in total. The zero-order chi connectivity index (χ0) is 26.6. The molecule has 0 saturated heterocycles. The molecule has 0 spiro atoms. The first-order valence-electron chi connectivity index (χ1n) is 12.9. The monoisotopic (exact) mass is 534 g/mol. The summed E-state index contributed by atoms with van der Waals surface area (Å²) in [6.45, 7) is 2.85. The lowest BCUT2D eigenvalue weighted by Crippen LogP contribution is -2.39. The number of rotatable bonds is 8. The maximum atomic E-state index is 13.6. The van der Waals surface area contributed by atoms with Crippen molar-refractivity contribution < 1.29 is 9.90 Å². The molecular weight excluding hydrogens is 504 g/mol. The Morgan fingerprint density at radius 2 is 1.84 bits per heavy atom. The Morgan fingerprint density at radius 1 is 1.08 bits per heavy atom. The predicted octanol–water partition coefficient (Wildman–Crippen LogP) is 3.94. The second-order valence-corrected chi connectivity index (χ2v) is 10.2. The second kappa shape index (κ2) is 11.4. The van der Waals surface area contributed by atoms with Gasteiger partial charge in [-0.25, -0.2) is 9.78 Å². The molecular formula is C28H31ClN6O3. The van der Waals surface area contributed by atoms with E-state index in [1.807, 2.05) is 34.9 Å². The maximum absolute atomic E-state index is 13.6. The fraction of sp³-hybridized carbons (Fsp3) is 0.357. The van der Waals surface area contributed by atoms with Crippen LogP contribution in [0.2, 0.25) is 5.02 Å². The number of imidazole rings is 1. The number of pyridine rings is 2. The van der Waals surface area contributed by atoms with E-state index in [9.17, 15) is 9.59 Å². The van der Waals surface area contributed by atoms with E-state index in [2.05, 4.69) is 20.6 Å². The largest absolute Gasteiger partial charge is 0.395 e. The van der Waals surface area contributed by atoms with Crippen LogP contribution in [0.15, 0.2) is 59.7 Å². The quantitative estimate of drug-likeness (QED) is 0.315. The molecule has 3 N–H and O–H groups in total. The first kappa shape index (κ1) is 25.9. The number of nitrogens with one attached hydrogen (secondary N) is 2. The minimum Gasteiger partial charge on any atom is -0.395 e. The number of aliphatic hydroxyl groups is 1. The maximum Gasteiger partial charge on any atom is 0.333 e. The number of nitrogens with zero attached hydrogens (tertiary/aromatic N) is 4. The highest BCUT2D eigenvalue weighted by molar-refractivity contribution is 6.30. The molecule has 1 aliphatic rings. The molecule has 1 aromatic carbocycles. The summed E-state index contributed by atoms with van der Waals surface area (Å²) in [6.07, 6.45) is 6.74. The van der Waals surface area contributed by atoms with Gasteiger partial charge in [0.05, 0.1) is 45.8 Å². The fourth-order valence-electron chi connectivity index (χ4n) is 5.19. The van der Waals surface area contributed by atoms with Crippen LogP contribution < -0.4 is 16.3 Å². The molecule has 0 atom stereocenters. The lowest BCUT2D eigenvalue weighted by Gasteiger charge is -2.29. The van der Waals surface area contributed by atoms with Crippen LogP contribution in [-0.2, 0) is 6.54 Å². The number of aryl methyl sites for hydroxylation is 1. The lowest BCUT2D eigenvalue weighted by molar-refractivity contribution is 0.0919. The number of hydrogen-bond donors (Lipinski definition) is 3. The van der Waals surface area contributed by atoms with Gasteiger partial charge < -0.3 is 15.7 Å². The van der Waals surface area contributed by atoms with Gasteiger partial charge in [-0.3, -0.25) is 18.9 Å². The molecule has 38 heavy (non-hydrogen) atoms. The van der Waals surface area contributed by atoms with Gasteiger partial charge in [0.1, 0.15) is 5.82 Å². The molecule has 1 saturated carbocycles. The van der Waals surface area contributed by atoms with Gasteiger partial charge in [0, 0.05) is 25.3 Å². The summed E-state index contributed by atoms with van der Waals surface area (Å²) >= 11 is 6.03. The molecule has 0 aliphatic heterocycles. The standard InChI is InChI=1S/C28H31ClN6O3/c1-18-23(14-20(29)15-31-18)27(37)33-21-8-6-19(7-9-21)17-34-24-4-2-3-5-25(24)35(28(34)38)22-10-11-26(32-16-22)30-12-13-36/h2-5,10-11,14-16,19,21,36H,6-9,12-13,17H2,1H3,(H,30,32)(H,33,37). The number of benzene rings is 1. The Bertz CT molecular complexity index is 1490. The third kappa shape index (κ3) is 5.44. The van der Waals surface area contributed by atoms with Crippen LogP contribution in [0.25, 0.3) is 16.7 Å². The van der Waals surface area contributed by atoms with E-state index in [0.29, 0.717) is 46.8 Å². The summed E-state index contributed by atoms with van der Waals surface area (Å²) in [5.74, 6) is 0.828. The highest BCUT2D eigenvalue weighted by Gasteiger charge is 2.25. The SMILES string of the molecule is Cc1ncc(Cl)cc1C(=O)NC1CCC(Cn2c(=O)n(-c3ccc(NCCO)nc3)c3ccccc32)CC1. The third-order valence-corrected chi connectivity index (χ3v) is 7.39. The van der Waals surface area contributed by atoms with Gasteiger partial charge in [0.2, 0.25) is 0 Å². The van der Waals surface area contributed by atoms with Crippen molar-refractivity contribution in [2.45, 2.75) is 45.2 Å². The molecule has 10 heteroatoms. The number of amides is 1. The van der Waals surface area contributed by atoms with Crippen molar-refractivity contribution in [1.29, 1.82) is 0 Å². The van der Waals surface area contributed by atoms with E-state index in [4.69, 9.17) is 16.7 Å². The summed E-state index contributed by atoms with van der Waals surface area (Å²) < 4.78 is 3.56. The summed E-state index contributed by atoms with van der Waals surface area (Å²) in [4.78, 5) is 35.0. The zero-order valence-corrected chi connectivity index (χ0v) is 22.0. The fourth-order valence-corrected chi connectivity index (χ4v) is 5.35. The number of aliphatic hydroxyl groups excluding tert-OH is 1. The number of anilines is 1. The van der Waals surface area contributed by atoms with Gasteiger partial charge in [-0.15, -0.1) is 0 Å². The minimum atomic E-state index is -0.147. The zero-order valence-electron chi connectivity index (χ0n) is 21.2. The van der Waals surface area contributed by atoms with Crippen LogP contribution >= 0.6 is 11.6 Å². The van der Waals surface area contributed by atoms with Crippen LogP contribution in [0.5, 0.6) is 0 Å². The van der Waals surface area contributed by atoms with Crippen LogP contribution in [0, 0.1) is 12.8 Å². The van der Waals surface area contributed by atoms with E-state index in [0.717, 1.165) is 36.7 Å². The van der Waals surface area contributed by atoms with E-state index >= 15 is 0 Å². The molecule has 0 bridgehead atoms. The lowest BCUT2D eigenvalue weighted by atomic mass is 9.85. The van der Waals surface area contributed by atoms with Gasteiger partial charge >= 0.3 is 5.69 Å². The number of carbonyl (C=O) groups is 1. The number of para-hydroxylation sites is 2. The van der Waals surface area contributed by atoms with Gasteiger partial charge in [0.25, 0.3) is 5.91 Å². The second-order valence-electron chi connectivity index (χ2n) is 9.75. The number of hydrogen-bond acceptors (Lipinski definition) is 6. The van der Waals surface area contributed by atoms with E-state index in [1.54, 1.807) is 36.0 Å². The Labute approximate surface area is 225 Å². The molecule has 4 aromatic rings. The Kier molecular flexibility index (Phi) is 7.76. The highest BCUT2D eigenvalue weighted by atomic mass is 35.5.